The molecule has 0 fully saturated rings. The minimum absolute atomic E-state index is 0.0903. The Bertz CT molecular complexity index is 1240. The van der Waals surface area contributed by atoms with E-state index in [1.807, 2.05) is 24.3 Å². The molecule has 9 heteroatoms. The normalized spacial score (nSPS) is 22.0. The molecule has 4 rings (SSSR count). The van der Waals surface area contributed by atoms with Crippen LogP contribution in [0.15, 0.2) is 54.6 Å². The summed E-state index contributed by atoms with van der Waals surface area (Å²) in [6.07, 6.45) is -6.01. The first-order chi connectivity index (χ1) is 15.3. The van der Waals surface area contributed by atoms with Crippen LogP contribution in [-0.4, -0.2) is 28.0 Å². The summed E-state index contributed by atoms with van der Waals surface area (Å²) >= 11 is 0. The number of nitrogens with one attached hydrogen (secondary N) is 2. The summed E-state index contributed by atoms with van der Waals surface area (Å²) in [4.78, 5) is 12.7. The molecule has 1 aliphatic carbocycles. The van der Waals surface area contributed by atoms with Crippen LogP contribution in [0, 0.1) is 5.82 Å². The summed E-state index contributed by atoms with van der Waals surface area (Å²) < 4.78 is 56.3. The fraction of sp³-hybridized carbons (Fsp3) is 0.292. The van der Waals surface area contributed by atoms with Crippen molar-refractivity contribution in [1.82, 2.24) is 5.32 Å². The Morgan fingerprint density at radius 2 is 1.73 bits per heavy atom. The van der Waals surface area contributed by atoms with Crippen molar-refractivity contribution in [3.05, 3.63) is 71.5 Å². The van der Waals surface area contributed by atoms with Gasteiger partial charge in [0.2, 0.25) is 0 Å². The zero-order valence-corrected chi connectivity index (χ0v) is 17.8. The van der Waals surface area contributed by atoms with Crippen molar-refractivity contribution in [2.24, 2.45) is 0 Å². The van der Waals surface area contributed by atoms with E-state index in [-0.39, 0.29) is 11.1 Å². The quantitative estimate of drug-likeness (QED) is 0.379. The van der Waals surface area contributed by atoms with Crippen molar-refractivity contribution < 1.29 is 32.6 Å². The Morgan fingerprint density at radius 3 is 2.39 bits per heavy atom. The Morgan fingerprint density at radius 1 is 1.06 bits per heavy atom. The molecule has 4 N–H and O–H groups in total. The Balaban J connectivity index is 1.73. The second-order valence-corrected chi connectivity index (χ2v) is 8.94. The number of benzene rings is 3. The Kier molecular flexibility index (Phi) is 5.28. The van der Waals surface area contributed by atoms with Crippen molar-refractivity contribution >= 4 is 22.5 Å². The molecule has 0 saturated carbocycles. The largest absolute Gasteiger partial charge is 0.505 e. The molecule has 0 aliphatic heterocycles. The van der Waals surface area contributed by atoms with Gasteiger partial charge < -0.3 is 20.8 Å². The number of fused-ring (bicyclic) bond motifs is 2. The van der Waals surface area contributed by atoms with Gasteiger partial charge in [-0.05, 0) is 46.4 Å². The lowest BCUT2D eigenvalue weighted by molar-refractivity contribution is -0.280. The molecule has 2 atom stereocenters. The molecule has 2 amide bonds. The van der Waals surface area contributed by atoms with Crippen molar-refractivity contribution in [2.45, 2.75) is 43.5 Å². The maximum atomic E-state index is 14.1. The van der Waals surface area contributed by atoms with Crippen molar-refractivity contribution in [1.29, 1.82) is 0 Å². The highest BCUT2D eigenvalue weighted by Crippen LogP contribution is 2.55. The summed E-state index contributed by atoms with van der Waals surface area (Å²) in [6, 6.07) is 11.2. The second-order valence-electron chi connectivity index (χ2n) is 8.94. The van der Waals surface area contributed by atoms with Crippen LogP contribution < -0.4 is 10.6 Å². The second kappa shape index (κ2) is 7.62. The number of rotatable bonds is 2. The van der Waals surface area contributed by atoms with Gasteiger partial charge >= 0.3 is 12.2 Å². The number of aromatic hydroxyl groups is 1. The third-order valence-electron chi connectivity index (χ3n) is 6.11. The zero-order chi connectivity index (χ0) is 24.2. The topological polar surface area (TPSA) is 81.6 Å². The van der Waals surface area contributed by atoms with E-state index in [1.54, 1.807) is 18.2 Å². The van der Waals surface area contributed by atoms with E-state index < -0.39 is 47.3 Å². The first-order valence-electron chi connectivity index (χ1n) is 10.2. The lowest BCUT2D eigenvalue weighted by Crippen LogP contribution is -2.61. The highest BCUT2D eigenvalue weighted by molar-refractivity contribution is 5.93. The molecule has 33 heavy (non-hydrogen) atoms. The fourth-order valence-corrected chi connectivity index (χ4v) is 4.68. The van der Waals surface area contributed by atoms with Crippen molar-refractivity contribution in [3.8, 4) is 5.75 Å². The smallest absolute Gasteiger partial charge is 0.419 e. The predicted octanol–water partition coefficient (Wildman–Crippen LogP) is 5.52. The van der Waals surface area contributed by atoms with Crippen LogP contribution in [0.1, 0.15) is 37.4 Å². The SMILES string of the molecule is CC1(C)C[C@@](O)(C(F)(F)F)[C@H](NC(=O)Nc2ccc3ccccc3c2)c2ccc(F)c(O)c21. The molecule has 0 radical (unpaired) electrons. The van der Waals surface area contributed by atoms with Crippen LogP contribution >= 0.6 is 0 Å². The highest BCUT2D eigenvalue weighted by atomic mass is 19.4. The van der Waals surface area contributed by atoms with Crippen LogP contribution in [0.4, 0.5) is 28.0 Å². The van der Waals surface area contributed by atoms with Gasteiger partial charge in [0.05, 0.1) is 6.04 Å². The van der Waals surface area contributed by atoms with E-state index in [4.69, 9.17) is 0 Å². The molecule has 5 nitrogen and oxygen atoms in total. The average Bonchev–Trinajstić information content (AvgIpc) is 2.72. The number of amides is 2. The predicted molar refractivity (Wildman–Crippen MR) is 116 cm³/mol. The molecular formula is C24H22F4N2O3. The maximum Gasteiger partial charge on any atom is 0.419 e. The maximum absolute atomic E-state index is 14.1. The first-order valence-corrected chi connectivity index (χ1v) is 10.2. The Hall–Kier alpha value is -3.33. The number of alkyl halides is 3. The summed E-state index contributed by atoms with van der Waals surface area (Å²) in [5.41, 5.74) is -4.75. The number of phenols is 1. The number of phenolic OH excluding ortho intramolecular Hbond substituents is 1. The Labute approximate surface area is 187 Å². The van der Waals surface area contributed by atoms with Crippen LogP contribution in [0.3, 0.4) is 0 Å². The van der Waals surface area contributed by atoms with Gasteiger partial charge in [0.1, 0.15) is 0 Å². The number of carbonyl (C=O) groups is 1. The van der Waals surface area contributed by atoms with Gasteiger partial charge in [0.25, 0.3) is 0 Å². The van der Waals surface area contributed by atoms with Crippen LogP contribution in [0.5, 0.6) is 5.75 Å². The standard InChI is InChI=1S/C24H22F4N2O3/c1-22(2)12-23(33,24(26,27)28)20(16-9-10-17(25)19(31)18(16)22)30-21(32)29-15-8-7-13-5-3-4-6-14(13)11-15/h3-11,20,31,33H,12H2,1-2H3,(H2,29,30,32)/t20-,23+/m1/s1. The van der Waals surface area contributed by atoms with Crippen molar-refractivity contribution in [3.63, 3.8) is 0 Å². The van der Waals surface area contributed by atoms with E-state index >= 15 is 0 Å². The molecule has 3 aromatic rings. The molecule has 0 heterocycles. The third kappa shape index (κ3) is 3.86. The molecule has 0 aromatic heterocycles. The van der Waals surface area contributed by atoms with Gasteiger partial charge in [0.15, 0.2) is 17.2 Å². The lowest BCUT2D eigenvalue weighted by Gasteiger charge is -2.48. The van der Waals surface area contributed by atoms with Gasteiger partial charge in [0, 0.05) is 11.3 Å². The number of anilines is 1. The summed E-state index contributed by atoms with van der Waals surface area (Å²) in [5, 5.41) is 27.5. The summed E-state index contributed by atoms with van der Waals surface area (Å²) in [7, 11) is 0. The fourth-order valence-electron chi connectivity index (χ4n) is 4.68. The zero-order valence-electron chi connectivity index (χ0n) is 17.8. The van der Waals surface area contributed by atoms with Crippen molar-refractivity contribution in [2.75, 3.05) is 5.32 Å². The number of carbonyl (C=O) groups excluding carboxylic acids is 1. The van der Waals surface area contributed by atoms with E-state index in [2.05, 4.69) is 10.6 Å². The number of urea groups is 1. The average molecular weight is 462 g/mol. The monoisotopic (exact) mass is 462 g/mol. The minimum atomic E-state index is -5.12. The van der Waals surface area contributed by atoms with Crippen LogP contribution in [0.25, 0.3) is 10.8 Å². The molecule has 3 aromatic carbocycles. The summed E-state index contributed by atoms with van der Waals surface area (Å²) in [5.74, 6) is -1.80. The van der Waals surface area contributed by atoms with Gasteiger partial charge in [-0.25, -0.2) is 9.18 Å². The first kappa shape index (κ1) is 22.8. The van der Waals surface area contributed by atoms with Gasteiger partial charge in [-0.2, -0.15) is 13.2 Å². The highest BCUT2D eigenvalue weighted by Gasteiger charge is 2.64. The van der Waals surface area contributed by atoms with Crippen LogP contribution in [-0.2, 0) is 5.41 Å². The summed E-state index contributed by atoms with van der Waals surface area (Å²) in [6.45, 7) is 2.74. The molecule has 0 bridgehead atoms. The van der Waals surface area contributed by atoms with Crippen LogP contribution in [0.2, 0.25) is 0 Å². The van der Waals surface area contributed by atoms with E-state index in [9.17, 15) is 32.6 Å². The number of hydrogen-bond donors (Lipinski definition) is 4. The minimum Gasteiger partial charge on any atom is -0.505 e. The number of halogens is 4. The molecule has 0 spiro atoms. The molecular weight excluding hydrogens is 440 g/mol. The van der Waals surface area contributed by atoms with Gasteiger partial charge in [-0.1, -0.05) is 50.2 Å². The molecule has 0 unspecified atom stereocenters. The molecule has 1 aliphatic rings. The van der Waals surface area contributed by atoms with E-state index in [0.29, 0.717) is 5.69 Å². The molecule has 0 saturated heterocycles. The third-order valence-corrected chi connectivity index (χ3v) is 6.11. The van der Waals surface area contributed by atoms with E-state index in [0.717, 1.165) is 22.9 Å². The van der Waals surface area contributed by atoms with Gasteiger partial charge in [-0.3, -0.25) is 0 Å². The number of aliphatic hydroxyl groups is 1. The molecule has 174 valence electrons. The lowest BCUT2D eigenvalue weighted by atomic mass is 9.63. The van der Waals surface area contributed by atoms with E-state index in [1.165, 1.54) is 13.8 Å². The number of hydrogen-bond acceptors (Lipinski definition) is 3. The van der Waals surface area contributed by atoms with Gasteiger partial charge in [-0.15, -0.1) is 0 Å².